The van der Waals surface area contributed by atoms with Crippen LogP contribution in [0.4, 0.5) is 10.8 Å². The van der Waals surface area contributed by atoms with E-state index in [0.717, 1.165) is 30.0 Å². The summed E-state index contributed by atoms with van der Waals surface area (Å²) in [7, 11) is 0. The van der Waals surface area contributed by atoms with Crippen molar-refractivity contribution >= 4 is 12.1 Å². The Labute approximate surface area is 172 Å². The van der Waals surface area contributed by atoms with Gasteiger partial charge in [-0.25, -0.2) is 4.79 Å². The van der Waals surface area contributed by atoms with E-state index in [1.807, 2.05) is 58.0 Å². The van der Waals surface area contributed by atoms with E-state index in [4.69, 9.17) is 18.9 Å². The number of hydrogen-bond donors (Lipinski definition) is 0. The monoisotopic (exact) mass is 401 g/mol. The summed E-state index contributed by atoms with van der Waals surface area (Å²) in [6.07, 6.45) is 0.545. The van der Waals surface area contributed by atoms with Crippen molar-refractivity contribution in [2.45, 2.75) is 46.3 Å². The summed E-state index contributed by atoms with van der Waals surface area (Å²) in [5.74, 6) is 0.766. The van der Waals surface area contributed by atoms with E-state index < -0.39 is 5.60 Å². The smallest absolute Gasteiger partial charge is 0.410 e. The van der Waals surface area contributed by atoms with Crippen LogP contribution in [-0.2, 0) is 21.7 Å². The molecule has 1 fully saturated rings. The molecule has 2 aromatic rings. The number of rotatable bonds is 6. The van der Waals surface area contributed by atoms with Gasteiger partial charge in [-0.1, -0.05) is 30.3 Å². The van der Waals surface area contributed by atoms with Crippen LogP contribution in [-0.4, -0.2) is 48.8 Å². The third-order valence-electron chi connectivity index (χ3n) is 5.09. The van der Waals surface area contributed by atoms with Crippen molar-refractivity contribution < 1.29 is 18.7 Å². The minimum absolute atomic E-state index is 0.280. The molecule has 1 aromatic heterocycles. The Bertz CT molecular complexity index is 804. The highest BCUT2D eigenvalue weighted by molar-refractivity contribution is 5.67. The molecular weight excluding hydrogens is 370 g/mol. The summed E-state index contributed by atoms with van der Waals surface area (Å²) in [5.41, 5.74) is 1.30. The Morgan fingerprint density at radius 3 is 2.66 bits per heavy atom. The molecule has 0 N–H and O–H groups in total. The molecule has 0 saturated carbocycles. The number of oxazole rings is 1. The van der Waals surface area contributed by atoms with Gasteiger partial charge in [-0.15, -0.1) is 0 Å². The number of ether oxygens (including phenoxy) is 2. The van der Waals surface area contributed by atoms with Crippen LogP contribution in [0, 0.1) is 6.92 Å². The fourth-order valence-corrected chi connectivity index (χ4v) is 3.61. The van der Waals surface area contributed by atoms with Gasteiger partial charge in [0.2, 0.25) is 0 Å². The first-order valence-electron chi connectivity index (χ1n) is 10.2. The molecule has 0 bridgehead atoms. The number of aromatic nitrogens is 1. The molecule has 1 saturated heterocycles. The molecule has 29 heavy (non-hydrogen) atoms. The molecule has 7 nitrogen and oxygen atoms in total. The van der Waals surface area contributed by atoms with Crippen molar-refractivity contribution in [2.24, 2.45) is 0 Å². The fraction of sp³-hybridized carbons (Fsp3) is 0.545. The average Bonchev–Trinajstić information content (AvgIpc) is 2.94. The van der Waals surface area contributed by atoms with E-state index in [1.54, 1.807) is 4.90 Å². The molecule has 7 heteroatoms. The maximum absolute atomic E-state index is 12.5. The lowest BCUT2D eigenvalue weighted by Gasteiger charge is -2.22. The molecule has 1 amide bonds. The van der Waals surface area contributed by atoms with Crippen LogP contribution < -0.4 is 4.90 Å². The molecule has 0 aliphatic carbocycles. The average molecular weight is 402 g/mol. The van der Waals surface area contributed by atoms with Crippen molar-refractivity contribution in [2.75, 3.05) is 37.7 Å². The number of benzene rings is 1. The molecular formula is C22H31N3O4. The van der Waals surface area contributed by atoms with Crippen LogP contribution in [0.1, 0.15) is 44.2 Å². The Balaban J connectivity index is 1.59. The van der Waals surface area contributed by atoms with Crippen molar-refractivity contribution in [3.63, 3.8) is 0 Å². The highest BCUT2D eigenvalue weighted by Crippen LogP contribution is 2.30. The van der Waals surface area contributed by atoms with Crippen LogP contribution in [0.15, 0.2) is 34.7 Å². The largest absolute Gasteiger partial charge is 0.445 e. The standard InChI is InChI=1S/C22H31N3O4/c1-5-28-22(3,4)19-17(2)29-20(23-19)24-12-9-13-25(15-14-24)21(26)27-16-18-10-7-6-8-11-18/h6-8,10-11H,5,9,12-16H2,1-4H3. The Morgan fingerprint density at radius 1 is 1.17 bits per heavy atom. The topological polar surface area (TPSA) is 68.0 Å². The Hall–Kier alpha value is -2.54. The minimum Gasteiger partial charge on any atom is -0.445 e. The summed E-state index contributed by atoms with van der Waals surface area (Å²) in [4.78, 5) is 21.0. The van der Waals surface area contributed by atoms with Crippen molar-refractivity contribution in [3.8, 4) is 0 Å². The van der Waals surface area contributed by atoms with E-state index in [-0.39, 0.29) is 12.7 Å². The third-order valence-corrected chi connectivity index (χ3v) is 5.09. The minimum atomic E-state index is -0.500. The summed E-state index contributed by atoms with van der Waals surface area (Å²) in [5, 5.41) is 0. The normalized spacial score (nSPS) is 15.3. The third kappa shape index (κ3) is 5.29. The van der Waals surface area contributed by atoms with Gasteiger partial charge >= 0.3 is 6.09 Å². The molecule has 2 heterocycles. The number of carbonyl (C=O) groups excluding carboxylic acids is 1. The highest BCUT2D eigenvalue weighted by atomic mass is 16.6. The van der Waals surface area contributed by atoms with Gasteiger partial charge in [-0.2, -0.15) is 4.98 Å². The van der Waals surface area contributed by atoms with E-state index >= 15 is 0 Å². The quantitative estimate of drug-likeness (QED) is 0.726. The van der Waals surface area contributed by atoms with Crippen LogP contribution in [0.25, 0.3) is 0 Å². The zero-order valence-corrected chi connectivity index (χ0v) is 17.8. The molecule has 1 aliphatic heterocycles. The van der Waals surface area contributed by atoms with Crippen molar-refractivity contribution in [1.29, 1.82) is 0 Å². The predicted molar refractivity (Wildman–Crippen MR) is 111 cm³/mol. The van der Waals surface area contributed by atoms with Gasteiger partial charge in [0.1, 0.15) is 23.7 Å². The van der Waals surface area contributed by atoms with Crippen molar-refractivity contribution in [3.05, 3.63) is 47.3 Å². The van der Waals surface area contributed by atoms with Gasteiger partial charge in [-0.05, 0) is 39.7 Å². The highest BCUT2D eigenvalue weighted by Gasteiger charge is 2.30. The lowest BCUT2D eigenvalue weighted by molar-refractivity contribution is -0.0179. The molecule has 0 atom stereocenters. The fourth-order valence-electron chi connectivity index (χ4n) is 3.61. The van der Waals surface area contributed by atoms with Gasteiger partial charge in [-0.3, -0.25) is 0 Å². The summed E-state index contributed by atoms with van der Waals surface area (Å²) >= 11 is 0. The lowest BCUT2D eigenvalue weighted by atomic mass is 10.0. The maximum Gasteiger partial charge on any atom is 0.410 e. The first-order chi connectivity index (χ1) is 13.9. The Morgan fingerprint density at radius 2 is 1.93 bits per heavy atom. The van der Waals surface area contributed by atoms with Gasteiger partial charge in [0, 0.05) is 32.8 Å². The summed E-state index contributed by atoms with van der Waals surface area (Å²) in [6, 6.07) is 10.3. The van der Waals surface area contributed by atoms with Crippen LogP contribution in [0.3, 0.4) is 0 Å². The number of nitrogens with zero attached hydrogens (tertiary/aromatic N) is 3. The molecule has 1 aromatic carbocycles. The van der Waals surface area contributed by atoms with Crippen LogP contribution in [0.2, 0.25) is 0 Å². The van der Waals surface area contributed by atoms with Crippen LogP contribution >= 0.6 is 0 Å². The molecule has 0 spiro atoms. The van der Waals surface area contributed by atoms with Gasteiger partial charge in [0.15, 0.2) is 0 Å². The summed E-state index contributed by atoms with van der Waals surface area (Å²) in [6.45, 7) is 11.4. The number of carbonyl (C=O) groups is 1. The van der Waals surface area contributed by atoms with E-state index in [9.17, 15) is 4.79 Å². The number of anilines is 1. The molecule has 1 aliphatic rings. The molecule has 0 unspecified atom stereocenters. The molecule has 3 rings (SSSR count). The lowest BCUT2D eigenvalue weighted by Crippen LogP contribution is -2.35. The number of hydrogen-bond acceptors (Lipinski definition) is 6. The second-order valence-electron chi connectivity index (χ2n) is 7.71. The first-order valence-corrected chi connectivity index (χ1v) is 10.2. The van der Waals surface area contributed by atoms with Gasteiger partial charge in [0.25, 0.3) is 6.01 Å². The van der Waals surface area contributed by atoms with Gasteiger partial charge < -0.3 is 23.7 Å². The van der Waals surface area contributed by atoms with Crippen LogP contribution in [0.5, 0.6) is 0 Å². The van der Waals surface area contributed by atoms with E-state index in [0.29, 0.717) is 32.3 Å². The number of aryl methyl sites for hydroxylation is 1. The SMILES string of the molecule is CCOC(C)(C)c1nc(N2CCCN(C(=O)OCc3ccccc3)CC2)oc1C. The van der Waals surface area contributed by atoms with Crippen molar-refractivity contribution in [1.82, 2.24) is 9.88 Å². The first kappa shape index (κ1) is 21.2. The number of amides is 1. The van der Waals surface area contributed by atoms with E-state index in [1.165, 1.54) is 0 Å². The second-order valence-corrected chi connectivity index (χ2v) is 7.71. The molecule has 0 radical (unpaired) electrons. The maximum atomic E-state index is 12.5. The molecule has 158 valence electrons. The zero-order chi connectivity index (χ0) is 20.9. The summed E-state index contributed by atoms with van der Waals surface area (Å²) < 4.78 is 17.2. The Kier molecular flexibility index (Phi) is 6.79. The van der Waals surface area contributed by atoms with Gasteiger partial charge in [0.05, 0.1) is 0 Å². The predicted octanol–water partition coefficient (Wildman–Crippen LogP) is 4.10. The zero-order valence-electron chi connectivity index (χ0n) is 17.8. The van der Waals surface area contributed by atoms with E-state index in [2.05, 4.69) is 4.90 Å². The second kappa shape index (κ2) is 9.31.